The number of hydrogen-bond donors (Lipinski definition) is 5. The molecule has 1 saturated carbocycles. The van der Waals surface area contributed by atoms with Crippen LogP contribution in [0.2, 0.25) is 0 Å². The number of carbonyl (C=O) groups is 2. The fourth-order valence-corrected chi connectivity index (χ4v) is 3.99. The van der Waals surface area contributed by atoms with Gasteiger partial charge in [0.05, 0.1) is 23.4 Å². The van der Waals surface area contributed by atoms with Crippen LogP contribution >= 0.6 is 11.3 Å². The standard InChI is InChI=1S/C24H27F2N7O2S/c1-2-27-7-8-28-22(34)14-3-6-21(30-11-14)33-24-31-13-16(36-24)12-29-20-9-17(18(25)10-19(20)26)23(35)32-15-4-5-15/h3,6,9-11,13,15,27,29H,2,4-5,7-8,12H2,1H3,(H,28,34)(H,32,35)(H,30,31,33). The molecular weight excluding hydrogens is 488 g/mol. The van der Waals surface area contributed by atoms with Gasteiger partial charge in [-0.1, -0.05) is 18.3 Å². The van der Waals surface area contributed by atoms with Crippen molar-refractivity contribution in [1.29, 1.82) is 0 Å². The summed E-state index contributed by atoms with van der Waals surface area (Å²) in [5, 5.41) is 15.2. The Morgan fingerprint density at radius 2 is 1.89 bits per heavy atom. The van der Waals surface area contributed by atoms with E-state index >= 15 is 0 Å². The van der Waals surface area contributed by atoms with Gasteiger partial charge < -0.3 is 26.6 Å². The van der Waals surface area contributed by atoms with Crippen molar-refractivity contribution in [3.05, 3.63) is 64.3 Å². The molecule has 0 aliphatic heterocycles. The Kier molecular flexibility index (Phi) is 8.39. The first-order chi connectivity index (χ1) is 17.4. The molecule has 0 bridgehead atoms. The van der Waals surface area contributed by atoms with Crippen LogP contribution in [0, 0.1) is 11.6 Å². The van der Waals surface area contributed by atoms with Crippen LogP contribution in [0.25, 0.3) is 0 Å². The van der Waals surface area contributed by atoms with Crippen LogP contribution < -0.4 is 26.6 Å². The maximum Gasteiger partial charge on any atom is 0.254 e. The van der Waals surface area contributed by atoms with Crippen molar-refractivity contribution in [3.8, 4) is 0 Å². The quantitative estimate of drug-likeness (QED) is 0.235. The normalized spacial score (nSPS) is 12.8. The smallest absolute Gasteiger partial charge is 0.254 e. The predicted molar refractivity (Wildman–Crippen MR) is 135 cm³/mol. The Morgan fingerprint density at radius 1 is 1.06 bits per heavy atom. The fraction of sp³-hybridized carbons (Fsp3) is 0.333. The number of likely N-dealkylation sites (N-methyl/N-ethyl adjacent to an activating group) is 1. The number of carbonyl (C=O) groups excluding carboxylic acids is 2. The lowest BCUT2D eigenvalue weighted by Crippen LogP contribution is -2.31. The van der Waals surface area contributed by atoms with E-state index in [2.05, 4.69) is 36.6 Å². The average Bonchev–Trinajstić information content (AvgIpc) is 3.57. The molecule has 12 heteroatoms. The van der Waals surface area contributed by atoms with E-state index in [1.807, 2.05) is 6.92 Å². The summed E-state index contributed by atoms with van der Waals surface area (Å²) in [6.45, 7) is 4.29. The maximum absolute atomic E-state index is 14.3. The number of nitrogens with one attached hydrogen (secondary N) is 5. The molecule has 1 aliphatic rings. The number of amides is 2. The summed E-state index contributed by atoms with van der Waals surface area (Å²) in [5.74, 6) is -1.91. The minimum atomic E-state index is -0.898. The molecule has 2 aromatic heterocycles. The van der Waals surface area contributed by atoms with Crippen LogP contribution in [0.15, 0.2) is 36.7 Å². The van der Waals surface area contributed by atoms with E-state index in [0.717, 1.165) is 24.3 Å². The van der Waals surface area contributed by atoms with Crippen LogP contribution in [0.4, 0.5) is 25.4 Å². The summed E-state index contributed by atoms with van der Waals surface area (Å²) < 4.78 is 28.4. The highest BCUT2D eigenvalue weighted by Gasteiger charge is 2.25. The largest absolute Gasteiger partial charge is 0.378 e. The van der Waals surface area contributed by atoms with Gasteiger partial charge in [-0.2, -0.15) is 0 Å². The lowest BCUT2D eigenvalue weighted by Gasteiger charge is -2.10. The number of aromatic nitrogens is 2. The predicted octanol–water partition coefficient (Wildman–Crippen LogP) is 3.40. The number of nitrogens with zero attached hydrogens (tertiary/aromatic N) is 2. The second kappa shape index (κ2) is 11.9. The Morgan fingerprint density at radius 3 is 2.61 bits per heavy atom. The van der Waals surface area contributed by atoms with Crippen molar-refractivity contribution in [1.82, 2.24) is 25.9 Å². The third kappa shape index (κ3) is 6.95. The Hall–Kier alpha value is -3.64. The van der Waals surface area contributed by atoms with Crippen LogP contribution in [0.1, 0.15) is 45.4 Å². The number of rotatable bonds is 12. The van der Waals surface area contributed by atoms with Crippen molar-refractivity contribution >= 4 is 39.8 Å². The minimum absolute atomic E-state index is 0.0289. The van der Waals surface area contributed by atoms with Gasteiger partial charge in [0.15, 0.2) is 5.13 Å². The lowest BCUT2D eigenvalue weighted by atomic mass is 10.1. The highest BCUT2D eigenvalue weighted by Crippen LogP contribution is 2.25. The third-order valence-electron chi connectivity index (χ3n) is 5.32. The molecule has 0 radical (unpaired) electrons. The van der Waals surface area contributed by atoms with E-state index < -0.39 is 17.5 Å². The first-order valence-electron chi connectivity index (χ1n) is 11.6. The van der Waals surface area contributed by atoms with E-state index in [0.29, 0.717) is 35.7 Å². The van der Waals surface area contributed by atoms with Gasteiger partial charge in [0, 0.05) is 42.5 Å². The number of halogens is 2. The summed E-state index contributed by atoms with van der Waals surface area (Å²) in [6, 6.07) is 5.31. The lowest BCUT2D eigenvalue weighted by molar-refractivity contribution is 0.0941. The first-order valence-corrected chi connectivity index (χ1v) is 12.4. The Balaban J connectivity index is 1.31. The van der Waals surface area contributed by atoms with Gasteiger partial charge in [-0.05, 0) is 37.6 Å². The van der Waals surface area contributed by atoms with Gasteiger partial charge in [-0.3, -0.25) is 9.59 Å². The molecule has 1 fully saturated rings. The van der Waals surface area contributed by atoms with Crippen molar-refractivity contribution in [2.24, 2.45) is 0 Å². The maximum atomic E-state index is 14.3. The van der Waals surface area contributed by atoms with E-state index in [1.54, 1.807) is 18.3 Å². The number of thiazole rings is 1. The van der Waals surface area contributed by atoms with Crippen molar-refractivity contribution in [3.63, 3.8) is 0 Å². The second-order valence-electron chi connectivity index (χ2n) is 8.21. The number of pyridine rings is 1. The zero-order valence-corrected chi connectivity index (χ0v) is 20.5. The molecule has 9 nitrogen and oxygen atoms in total. The van der Waals surface area contributed by atoms with Gasteiger partial charge >= 0.3 is 0 Å². The number of anilines is 3. The molecule has 5 N–H and O–H groups in total. The van der Waals surface area contributed by atoms with Crippen molar-refractivity contribution in [2.75, 3.05) is 30.3 Å². The molecular formula is C24H27F2N7O2S. The minimum Gasteiger partial charge on any atom is -0.378 e. The zero-order chi connectivity index (χ0) is 25.5. The summed E-state index contributed by atoms with van der Waals surface area (Å²) in [4.78, 5) is 33.7. The van der Waals surface area contributed by atoms with E-state index in [-0.39, 0.29) is 29.7 Å². The summed E-state index contributed by atoms with van der Waals surface area (Å²) in [5.41, 5.74) is 0.284. The van der Waals surface area contributed by atoms with Gasteiger partial charge in [0.25, 0.3) is 11.8 Å². The fourth-order valence-electron chi connectivity index (χ4n) is 3.23. The molecule has 1 aromatic carbocycles. The Labute approximate surface area is 211 Å². The summed E-state index contributed by atoms with van der Waals surface area (Å²) in [7, 11) is 0. The molecule has 3 aromatic rings. The first kappa shape index (κ1) is 25.5. The molecule has 190 valence electrons. The van der Waals surface area contributed by atoms with E-state index in [9.17, 15) is 18.4 Å². The zero-order valence-electron chi connectivity index (χ0n) is 19.7. The van der Waals surface area contributed by atoms with Gasteiger partial charge in [0.1, 0.15) is 17.5 Å². The van der Waals surface area contributed by atoms with Crippen LogP contribution in [0.5, 0.6) is 0 Å². The van der Waals surface area contributed by atoms with Crippen LogP contribution in [-0.2, 0) is 6.54 Å². The Bertz CT molecular complexity index is 1220. The molecule has 0 spiro atoms. The number of benzene rings is 1. The molecule has 36 heavy (non-hydrogen) atoms. The van der Waals surface area contributed by atoms with Crippen molar-refractivity contribution < 1.29 is 18.4 Å². The molecule has 0 saturated heterocycles. The van der Waals surface area contributed by atoms with Crippen molar-refractivity contribution in [2.45, 2.75) is 32.4 Å². The van der Waals surface area contributed by atoms with Gasteiger partial charge in [-0.25, -0.2) is 18.7 Å². The molecule has 2 amide bonds. The molecule has 2 heterocycles. The second-order valence-corrected chi connectivity index (χ2v) is 9.33. The summed E-state index contributed by atoms with van der Waals surface area (Å²) in [6.07, 6.45) is 4.84. The highest BCUT2D eigenvalue weighted by atomic mass is 32.1. The SMILES string of the molecule is CCNCCNC(=O)c1ccc(Nc2ncc(CNc3cc(C(=O)NC4CC4)c(F)cc3F)s2)nc1. The molecule has 0 unspecified atom stereocenters. The topological polar surface area (TPSA) is 120 Å². The van der Waals surface area contributed by atoms with Crippen LogP contribution in [-0.4, -0.2) is 47.5 Å². The number of hydrogen-bond acceptors (Lipinski definition) is 8. The van der Waals surface area contributed by atoms with E-state index in [1.165, 1.54) is 23.6 Å². The van der Waals surface area contributed by atoms with Gasteiger partial charge in [0.2, 0.25) is 0 Å². The van der Waals surface area contributed by atoms with Crippen LogP contribution in [0.3, 0.4) is 0 Å². The molecule has 4 rings (SSSR count). The molecule has 1 aliphatic carbocycles. The van der Waals surface area contributed by atoms with Gasteiger partial charge in [-0.15, -0.1) is 0 Å². The highest BCUT2D eigenvalue weighted by molar-refractivity contribution is 7.15. The monoisotopic (exact) mass is 515 g/mol. The van der Waals surface area contributed by atoms with E-state index in [4.69, 9.17) is 0 Å². The average molecular weight is 516 g/mol. The summed E-state index contributed by atoms with van der Waals surface area (Å²) >= 11 is 1.32. The third-order valence-corrected chi connectivity index (χ3v) is 6.23. The molecule has 0 atom stereocenters.